The average Bonchev–Trinajstić information content (AvgIpc) is 2.58. The molecule has 0 aliphatic heterocycles. The van der Waals surface area contributed by atoms with Crippen LogP contribution >= 0.6 is 0 Å². The summed E-state index contributed by atoms with van der Waals surface area (Å²) < 4.78 is 38.1. The van der Waals surface area contributed by atoms with Crippen LogP contribution in [0.15, 0.2) is 42.5 Å². The maximum absolute atomic E-state index is 12.7. The molecule has 0 bridgehead atoms. The first-order valence-corrected chi connectivity index (χ1v) is 7.92. The molecule has 0 fully saturated rings. The number of hydrogen-bond acceptors (Lipinski definition) is 4. The number of nitro groups is 1. The van der Waals surface area contributed by atoms with Gasteiger partial charge >= 0.3 is 6.18 Å². The number of nitro benzene ring substituents is 1. The molecule has 0 atom stereocenters. The number of nitrogens with one attached hydrogen (secondary N) is 2. The third-order valence-corrected chi connectivity index (χ3v) is 3.85. The molecule has 2 N–H and O–H groups in total. The number of amides is 1. The Morgan fingerprint density at radius 1 is 1.00 bits per heavy atom. The topological polar surface area (TPSA) is 84.3 Å². The van der Waals surface area contributed by atoms with Gasteiger partial charge in [0.05, 0.1) is 10.5 Å². The summed E-state index contributed by atoms with van der Waals surface area (Å²) in [6.45, 7) is 6.06. The van der Waals surface area contributed by atoms with Gasteiger partial charge in [0.25, 0.3) is 11.6 Å². The largest absolute Gasteiger partial charge is 0.416 e. The third-order valence-electron chi connectivity index (χ3n) is 3.85. The van der Waals surface area contributed by atoms with Gasteiger partial charge in [-0.25, -0.2) is 0 Å². The summed E-state index contributed by atoms with van der Waals surface area (Å²) in [6, 6.07) is 8.76. The fraction of sp³-hybridized carbons (Fsp3) is 0.278. The van der Waals surface area contributed by atoms with Gasteiger partial charge in [0.2, 0.25) is 0 Å². The van der Waals surface area contributed by atoms with Crippen molar-refractivity contribution in [3.63, 3.8) is 0 Å². The zero-order chi connectivity index (χ0) is 20.4. The minimum absolute atomic E-state index is 0.0892. The van der Waals surface area contributed by atoms with E-state index >= 15 is 0 Å². The van der Waals surface area contributed by atoms with E-state index in [2.05, 4.69) is 10.9 Å². The monoisotopic (exact) mass is 381 g/mol. The van der Waals surface area contributed by atoms with Crippen LogP contribution in [0.3, 0.4) is 0 Å². The third kappa shape index (κ3) is 4.96. The zero-order valence-corrected chi connectivity index (χ0v) is 14.8. The molecule has 0 aromatic heterocycles. The number of rotatable bonds is 4. The van der Waals surface area contributed by atoms with Crippen molar-refractivity contribution in [3.05, 3.63) is 69.3 Å². The zero-order valence-electron chi connectivity index (χ0n) is 14.8. The van der Waals surface area contributed by atoms with Crippen LogP contribution in [0.2, 0.25) is 0 Å². The van der Waals surface area contributed by atoms with Crippen LogP contribution in [0.1, 0.15) is 42.3 Å². The van der Waals surface area contributed by atoms with Crippen LogP contribution in [-0.4, -0.2) is 10.8 Å². The first-order chi connectivity index (χ1) is 12.4. The van der Waals surface area contributed by atoms with Gasteiger partial charge in [-0.15, -0.1) is 0 Å². The van der Waals surface area contributed by atoms with Crippen LogP contribution in [0, 0.1) is 10.1 Å². The lowest BCUT2D eigenvalue weighted by Gasteiger charge is -2.19. The molecule has 144 valence electrons. The highest BCUT2D eigenvalue weighted by atomic mass is 19.4. The second kappa shape index (κ2) is 7.26. The van der Waals surface area contributed by atoms with Gasteiger partial charge in [0, 0.05) is 11.6 Å². The maximum atomic E-state index is 12.7. The molecule has 0 saturated carbocycles. The van der Waals surface area contributed by atoms with Gasteiger partial charge in [0.15, 0.2) is 0 Å². The van der Waals surface area contributed by atoms with E-state index in [1.165, 1.54) is 0 Å². The highest BCUT2D eigenvalue weighted by Crippen LogP contribution is 2.34. The van der Waals surface area contributed by atoms with Crippen molar-refractivity contribution < 1.29 is 22.9 Å². The van der Waals surface area contributed by atoms with Crippen molar-refractivity contribution in [1.82, 2.24) is 5.43 Å². The minimum atomic E-state index is -4.71. The van der Waals surface area contributed by atoms with E-state index in [0.717, 1.165) is 11.6 Å². The summed E-state index contributed by atoms with van der Waals surface area (Å²) in [6.07, 6.45) is -4.71. The van der Waals surface area contributed by atoms with E-state index in [4.69, 9.17) is 0 Å². The van der Waals surface area contributed by atoms with Gasteiger partial charge in [0.1, 0.15) is 5.69 Å². The molecule has 0 unspecified atom stereocenters. The molecule has 0 heterocycles. The van der Waals surface area contributed by atoms with E-state index in [-0.39, 0.29) is 11.1 Å². The lowest BCUT2D eigenvalue weighted by atomic mass is 9.87. The second-order valence-corrected chi connectivity index (χ2v) is 6.89. The Balaban J connectivity index is 2.16. The van der Waals surface area contributed by atoms with E-state index in [9.17, 15) is 28.1 Å². The lowest BCUT2D eigenvalue weighted by Crippen LogP contribution is -2.29. The number of anilines is 1. The number of hydrazine groups is 1. The first-order valence-electron chi connectivity index (χ1n) is 7.92. The Labute approximate surface area is 153 Å². The van der Waals surface area contributed by atoms with Crippen molar-refractivity contribution >= 4 is 17.3 Å². The Kier molecular flexibility index (Phi) is 5.43. The molecular formula is C18H18F3N3O3. The predicted octanol–water partition coefficient (Wildman–Crippen LogP) is 4.67. The molecule has 9 heteroatoms. The molecule has 2 aromatic carbocycles. The van der Waals surface area contributed by atoms with E-state index in [0.29, 0.717) is 17.7 Å². The van der Waals surface area contributed by atoms with Gasteiger partial charge in [-0.3, -0.25) is 25.8 Å². The number of carbonyl (C=O) groups excluding carboxylic acids is 1. The molecule has 6 nitrogen and oxygen atoms in total. The smallest absolute Gasteiger partial charge is 0.292 e. The van der Waals surface area contributed by atoms with Gasteiger partial charge in [-0.2, -0.15) is 13.2 Å². The lowest BCUT2D eigenvalue weighted by molar-refractivity contribution is -0.384. The summed E-state index contributed by atoms with van der Waals surface area (Å²) in [7, 11) is 0. The van der Waals surface area contributed by atoms with Crippen molar-refractivity contribution in [2.24, 2.45) is 0 Å². The van der Waals surface area contributed by atoms with Gasteiger partial charge in [-0.1, -0.05) is 32.9 Å². The summed E-state index contributed by atoms with van der Waals surface area (Å²) >= 11 is 0. The molecule has 0 aliphatic carbocycles. The Bertz CT molecular complexity index is 857. The Morgan fingerprint density at radius 2 is 1.56 bits per heavy atom. The van der Waals surface area contributed by atoms with Crippen molar-refractivity contribution in [3.8, 4) is 0 Å². The Morgan fingerprint density at radius 3 is 2.04 bits per heavy atom. The fourth-order valence-corrected chi connectivity index (χ4v) is 2.28. The summed E-state index contributed by atoms with van der Waals surface area (Å²) in [5.41, 5.74) is 3.58. The van der Waals surface area contributed by atoms with Crippen LogP contribution < -0.4 is 10.9 Å². The molecule has 0 spiro atoms. The highest BCUT2D eigenvalue weighted by Gasteiger charge is 2.33. The standard InChI is InChI=1S/C18H18F3N3O3/c1-17(2,3)12-6-4-11(5-7-12)16(25)23-22-14-9-8-13(18(19,20)21)10-15(14)24(26)27/h4-10,22H,1-3H3,(H,23,25). The number of benzene rings is 2. The first kappa shape index (κ1) is 20.2. The molecule has 27 heavy (non-hydrogen) atoms. The number of halogens is 3. The van der Waals surface area contributed by atoms with Crippen LogP contribution in [0.25, 0.3) is 0 Å². The molecule has 2 rings (SSSR count). The molecule has 0 saturated heterocycles. The minimum Gasteiger partial charge on any atom is -0.292 e. The highest BCUT2D eigenvalue weighted by molar-refractivity contribution is 5.95. The quantitative estimate of drug-likeness (QED) is 0.596. The van der Waals surface area contributed by atoms with E-state index in [1.807, 2.05) is 20.8 Å². The summed E-state index contributed by atoms with van der Waals surface area (Å²) in [4.78, 5) is 22.2. The van der Waals surface area contributed by atoms with E-state index in [1.54, 1.807) is 24.3 Å². The van der Waals surface area contributed by atoms with Crippen LogP contribution in [0.4, 0.5) is 24.5 Å². The number of carbonyl (C=O) groups is 1. The van der Waals surface area contributed by atoms with E-state index < -0.39 is 28.3 Å². The van der Waals surface area contributed by atoms with Crippen LogP contribution in [-0.2, 0) is 11.6 Å². The second-order valence-electron chi connectivity index (χ2n) is 6.89. The van der Waals surface area contributed by atoms with Gasteiger partial charge < -0.3 is 0 Å². The predicted molar refractivity (Wildman–Crippen MR) is 94.3 cm³/mol. The molecule has 2 aromatic rings. The Hall–Kier alpha value is -3.10. The van der Waals surface area contributed by atoms with Crippen LogP contribution in [0.5, 0.6) is 0 Å². The summed E-state index contributed by atoms with van der Waals surface area (Å²) in [5.74, 6) is -0.579. The SMILES string of the molecule is CC(C)(C)c1ccc(C(=O)NNc2ccc(C(F)(F)F)cc2[N+](=O)[O-])cc1. The molecular weight excluding hydrogens is 363 g/mol. The molecule has 0 aliphatic rings. The van der Waals surface area contributed by atoms with Gasteiger partial charge in [-0.05, 0) is 35.2 Å². The average molecular weight is 381 g/mol. The molecule has 0 radical (unpaired) electrons. The summed E-state index contributed by atoms with van der Waals surface area (Å²) in [5, 5.41) is 11.0. The number of alkyl halides is 3. The number of nitrogens with zero attached hydrogens (tertiary/aromatic N) is 1. The van der Waals surface area contributed by atoms with Crippen molar-refractivity contribution in [2.45, 2.75) is 32.4 Å². The normalized spacial score (nSPS) is 11.8. The maximum Gasteiger partial charge on any atom is 0.416 e. The fourth-order valence-electron chi connectivity index (χ4n) is 2.28. The van der Waals surface area contributed by atoms with Crippen molar-refractivity contribution in [2.75, 3.05) is 5.43 Å². The number of hydrogen-bond donors (Lipinski definition) is 2. The van der Waals surface area contributed by atoms with Crippen molar-refractivity contribution in [1.29, 1.82) is 0 Å². The molecule has 1 amide bonds.